The largest absolute Gasteiger partial charge is 0.460 e. The standard InChI is InChI=1S/C32H24F2N4O4/c1-16-3-6-19(31(40)37-17(2)32-38-23-15-36-12-11-24(23)42-32)14-22(16)21-9-10-25-27(29(21)34)28(30(35)39)26(41-25)13-18-4-7-20(33)8-5-18/h3-12,14-15,17H,13H2,1-2H3,(H2,35,39)(H,37,40). The first kappa shape index (κ1) is 26.8. The maximum absolute atomic E-state index is 16.2. The van der Waals surface area contributed by atoms with Gasteiger partial charge in [0.15, 0.2) is 5.58 Å². The fourth-order valence-corrected chi connectivity index (χ4v) is 4.96. The Bertz CT molecular complexity index is 1960. The Morgan fingerprint density at radius 2 is 1.76 bits per heavy atom. The Hall–Kier alpha value is -5.38. The zero-order chi connectivity index (χ0) is 29.5. The number of benzene rings is 3. The number of hydrogen-bond donors (Lipinski definition) is 2. The first-order valence-corrected chi connectivity index (χ1v) is 13.1. The summed E-state index contributed by atoms with van der Waals surface area (Å²) in [6, 6.07) is 14.9. The summed E-state index contributed by atoms with van der Waals surface area (Å²) >= 11 is 0. The highest BCUT2D eigenvalue weighted by Crippen LogP contribution is 2.36. The summed E-state index contributed by atoms with van der Waals surface area (Å²) in [6.45, 7) is 3.53. The van der Waals surface area contributed by atoms with Crippen molar-refractivity contribution in [3.8, 4) is 11.1 Å². The van der Waals surface area contributed by atoms with Gasteiger partial charge in [-0.1, -0.05) is 18.2 Å². The predicted molar refractivity (Wildman–Crippen MR) is 152 cm³/mol. The zero-order valence-corrected chi connectivity index (χ0v) is 22.6. The lowest BCUT2D eigenvalue weighted by Gasteiger charge is -2.13. The van der Waals surface area contributed by atoms with Crippen LogP contribution in [0.1, 0.15) is 56.5 Å². The molecular formula is C32H24F2N4O4. The van der Waals surface area contributed by atoms with Crippen LogP contribution in [0.4, 0.5) is 8.78 Å². The number of carbonyl (C=O) groups is 2. The van der Waals surface area contributed by atoms with Gasteiger partial charge in [0.05, 0.1) is 17.1 Å². The van der Waals surface area contributed by atoms with Crippen molar-refractivity contribution in [2.75, 3.05) is 0 Å². The van der Waals surface area contributed by atoms with Crippen LogP contribution < -0.4 is 11.1 Å². The van der Waals surface area contributed by atoms with E-state index >= 15 is 4.39 Å². The molecule has 6 rings (SSSR count). The van der Waals surface area contributed by atoms with Gasteiger partial charge < -0.3 is 19.9 Å². The third-order valence-corrected chi connectivity index (χ3v) is 7.10. The number of hydrogen-bond acceptors (Lipinski definition) is 6. The number of aromatic nitrogens is 2. The molecule has 0 bridgehead atoms. The molecule has 10 heteroatoms. The number of oxazole rings is 1. The van der Waals surface area contributed by atoms with E-state index in [-0.39, 0.29) is 34.3 Å². The first-order chi connectivity index (χ1) is 20.2. The summed E-state index contributed by atoms with van der Waals surface area (Å²) in [5.41, 5.74) is 9.17. The topological polar surface area (TPSA) is 124 Å². The molecule has 0 aliphatic heterocycles. The highest BCUT2D eigenvalue weighted by molar-refractivity contribution is 6.08. The van der Waals surface area contributed by atoms with Crippen molar-refractivity contribution in [1.82, 2.24) is 15.3 Å². The van der Waals surface area contributed by atoms with E-state index < -0.39 is 29.5 Å². The molecule has 3 aromatic heterocycles. The normalized spacial score (nSPS) is 12.1. The number of primary amides is 1. The average molecular weight is 567 g/mol. The molecule has 0 radical (unpaired) electrons. The van der Waals surface area contributed by atoms with Gasteiger partial charge in [-0.15, -0.1) is 0 Å². The molecule has 0 aliphatic rings. The second kappa shape index (κ2) is 10.5. The molecule has 0 saturated heterocycles. The van der Waals surface area contributed by atoms with Gasteiger partial charge in [0.25, 0.3) is 11.8 Å². The Labute approximate surface area is 238 Å². The Kier molecular flexibility index (Phi) is 6.74. The van der Waals surface area contributed by atoms with Crippen molar-refractivity contribution in [3.05, 3.63) is 119 Å². The predicted octanol–water partition coefficient (Wildman–Crippen LogP) is 6.40. The minimum atomic E-state index is -0.851. The molecule has 0 fully saturated rings. The van der Waals surface area contributed by atoms with Gasteiger partial charge in [-0.25, -0.2) is 13.8 Å². The van der Waals surface area contributed by atoms with Crippen LogP contribution in [-0.2, 0) is 6.42 Å². The van der Waals surface area contributed by atoms with Crippen molar-refractivity contribution in [1.29, 1.82) is 0 Å². The van der Waals surface area contributed by atoms with Crippen molar-refractivity contribution < 1.29 is 27.2 Å². The molecule has 8 nitrogen and oxygen atoms in total. The lowest BCUT2D eigenvalue weighted by Crippen LogP contribution is -2.26. The molecule has 0 spiro atoms. The van der Waals surface area contributed by atoms with Crippen LogP contribution >= 0.6 is 0 Å². The highest BCUT2D eigenvalue weighted by Gasteiger charge is 2.25. The van der Waals surface area contributed by atoms with E-state index in [0.29, 0.717) is 39.2 Å². The maximum Gasteiger partial charge on any atom is 0.253 e. The molecule has 2 amide bonds. The Morgan fingerprint density at radius 1 is 0.976 bits per heavy atom. The lowest BCUT2D eigenvalue weighted by atomic mass is 9.95. The molecule has 210 valence electrons. The van der Waals surface area contributed by atoms with Gasteiger partial charge in [0, 0.05) is 29.8 Å². The summed E-state index contributed by atoms with van der Waals surface area (Å²) in [6.07, 6.45) is 3.28. The number of nitrogens with zero attached hydrogens (tertiary/aromatic N) is 2. The van der Waals surface area contributed by atoms with Crippen LogP contribution in [0.5, 0.6) is 0 Å². The smallest absolute Gasteiger partial charge is 0.253 e. The van der Waals surface area contributed by atoms with E-state index in [9.17, 15) is 14.0 Å². The van der Waals surface area contributed by atoms with Crippen molar-refractivity contribution in [2.45, 2.75) is 26.3 Å². The number of halogens is 2. The Balaban J connectivity index is 1.34. The van der Waals surface area contributed by atoms with Crippen LogP contribution in [-0.4, -0.2) is 21.8 Å². The van der Waals surface area contributed by atoms with Crippen molar-refractivity contribution in [2.24, 2.45) is 5.73 Å². The van der Waals surface area contributed by atoms with Gasteiger partial charge in [-0.3, -0.25) is 14.6 Å². The summed E-state index contributed by atoms with van der Waals surface area (Å²) in [7, 11) is 0. The van der Waals surface area contributed by atoms with Gasteiger partial charge in [0.1, 0.15) is 34.5 Å². The number of fused-ring (bicyclic) bond motifs is 2. The minimum absolute atomic E-state index is 0.0505. The van der Waals surface area contributed by atoms with E-state index in [4.69, 9.17) is 14.6 Å². The van der Waals surface area contributed by atoms with Crippen molar-refractivity contribution >= 4 is 33.9 Å². The van der Waals surface area contributed by atoms with Crippen molar-refractivity contribution in [3.63, 3.8) is 0 Å². The number of furan rings is 1. The molecule has 42 heavy (non-hydrogen) atoms. The lowest BCUT2D eigenvalue weighted by molar-refractivity contribution is 0.0933. The molecule has 1 atom stereocenters. The molecule has 3 heterocycles. The molecule has 0 saturated carbocycles. The SMILES string of the molecule is Cc1ccc(C(=O)NC(C)c2nc3cnccc3o2)cc1-c1ccc2oc(Cc3ccc(F)cc3)c(C(N)=O)c2c1F. The average Bonchev–Trinajstić information content (AvgIpc) is 3.57. The van der Waals surface area contributed by atoms with Crippen LogP contribution in [0.3, 0.4) is 0 Å². The second-order valence-electron chi connectivity index (χ2n) is 9.99. The quantitative estimate of drug-likeness (QED) is 0.230. The van der Waals surface area contributed by atoms with Gasteiger partial charge in [0.2, 0.25) is 5.89 Å². The Morgan fingerprint density at radius 3 is 2.50 bits per heavy atom. The number of aryl methyl sites for hydroxylation is 1. The van der Waals surface area contributed by atoms with Crippen LogP contribution in [0, 0.1) is 18.6 Å². The first-order valence-electron chi connectivity index (χ1n) is 13.1. The molecule has 3 N–H and O–H groups in total. The zero-order valence-electron chi connectivity index (χ0n) is 22.6. The van der Waals surface area contributed by atoms with E-state index in [1.54, 1.807) is 68.7 Å². The van der Waals surface area contributed by atoms with Gasteiger partial charge in [-0.2, -0.15) is 0 Å². The number of rotatable bonds is 7. The molecule has 0 aliphatic carbocycles. The number of nitrogens with one attached hydrogen (secondary N) is 1. The third kappa shape index (κ3) is 4.87. The summed E-state index contributed by atoms with van der Waals surface area (Å²) < 4.78 is 41.1. The van der Waals surface area contributed by atoms with E-state index in [2.05, 4.69) is 15.3 Å². The second-order valence-corrected chi connectivity index (χ2v) is 9.99. The maximum atomic E-state index is 16.2. The molecule has 1 unspecified atom stereocenters. The van der Waals surface area contributed by atoms with Crippen LogP contribution in [0.2, 0.25) is 0 Å². The summed E-state index contributed by atoms with van der Waals surface area (Å²) in [4.78, 5) is 34.1. The van der Waals surface area contributed by atoms with E-state index in [1.165, 1.54) is 18.2 Å². The molecule has 3 aromatic carbocycles. The fourth-order valence-electron chi connectivity index (χ4n) is 4.96. The summed E-state index contributed by atoms with van der Waals surface area (Å²) in [5.74, 6) is -1.87. The molecular weight excluding hydrogens is 542 g/mol. The monoisotopic (exact) mass is 566 g/mol. The number of amides is 2. The van der Waals surface area contributed by atoms with Crippen LogP contribution in [0.25, 0.3) is 33.2 Å². The highest BCUT2D eigenvalue weighted by atomic mass is 19.1. The number of pyridine rings is 1. The van der Waals surface area contributed by atoms with Crippen LogP contribution in [0.15, 0.2) is 81.9 Å². The minimum Gasteiger partial charge on any atom is -0.460 e. The van der Waals surface area contributed by atoms with Gasteiger partial charge >= 0.3 is 0 Å². The van der Waals surface area contributed by atoms with E-state index in [0.717, 1.165) is 0 Å². The summed E-state index contributed by atoms with van der Waals surface area (Å²) in [5, 5.41) is 2.81. The third-order valence-electron chi connectivity index (χ3n) is 7.10. The number of nitrogens with two attached hydrogens (primary N) is 1. The van der Waals surface area contributed by atoms with E-state index in [1.807, 2.05) is 0 Å². The fraction of sp³-hybridized carbons (Fsp3) is 0.125. The number of carbonyl (C=O) groups excluding carboxylic acids is 2. The van der Waals surface area contributed by atoms with Gasteiger partial charge in [-0.05, 0) is 66.9 Å². The molecule has 6 aromatic rings.